The molecule has 0 unspecified atom stereocenters. The number of nitrogens with zero attached hydrogens (tertiary/aromatic N) is 2. The van der Waals surface area contributed by atoms with E-state index in [9.17, 15) is 14.7 Å². The Labute approximate surface area is 199 Å². The van der Waals surface area contributed by atoms with Gasteiger partial charge in [0.2, 0.25) is 5.91 Å². The first kappa shape index (κ1) is 21.6. The summed E-state index contributed by atoms with van der Waals surface area (Å²) < 4.78 is 5.26. The predicted octanol–water partition coefficient (Wildman–Crippen LogP) is 4.76. The van der Waals surface area contributed by atoms with Crippen LogP contribution in [0.3, 0.4) is 0 Å². The Hall–Kier alpha value is -3.26. The standard InChI is InChI=1S/C24H18Cl2N2O5/c1-32-18-9-5-8-15(21(18)29)20-19-22(33-28(20)13-6-3-2-4-7-13)24(31)27(23(19)30)14-10-11-16(25)17(26)12-14/h2-12,19-20,22,29H,1H3/t19-,20-,22+/m0/s1. The maximum Gasteiger partial charge on any atom is 0.266 e. The van der Waals surface area contributed by atoms with E-state index in [0.29, 0.717) is 22.0 Å². The quantitative estimate of drug-likeness (QED) is 0.537. The highest BCUT2D eigenvalue weighted by Gasteiger charge is 2.60. The molecule has 2 saturated heterocycles. The number of amides is 2. The average Bonchev–Trinajstić information content (AvgIpc) is 3.32. The van der Waals surface area contributed by atoms with Gasteiger partial charge in [-0.25, -0.2) is 9.96 Å². The molecule has 2 aliphatic heterocycles. The van der Waals surface area contributed by atoms with Crippen LogP contribution in [0.2, 0.25) is 10.0 Å². The van der Waals surface area contributed by atoms with Crippen LogP contribution in [0.25, 0.3) is 0 Å². The molecule has 2 heterocycles. The minimum atomic E-state index is -1.08. The van der Waals surface area contributed by atoms with Crippen molar-refractivity contribution in [2.75, 3.05) is 17.1 Å². The minimum Gasteiger partial charge on any atom is -0.504 e. The van der Waals surface area contributed by atoms with E-state index in [0.717, 1.165) is 4.90 Å². The number of phenolic OH excluding ortho intramolecular Hbond substituents is 1. The van der Waals surface area contributed by atoms with Gasteiger partial charge in [0.1, 0.15) is 12.0 Å². The molecule has 3 atom stereocenters. The Morgan fingerprint density at radius 2 is 1.67 bits per heavy atom. The van der Waals surface area contributed by atoms with Gasteiger partial charge in [-0.3, -0.25) is 14.4 Å². The summed E-state index contributed by atoms with van der Waals surface area (Å²) in [6.45, 7) is 0. The van der Waals surface area contributed by atoms with Crippen molar-refractivity contribution in [3.8, 4) is 11.5 Å². The molecule has 3 aromatic carbocycles. The largest absolute Gasteiger partial charge is 0.504 e. The van der Waals surface area contributed by atoms with Crippen molar-refractivity contribution >= 4 is 46.4 Å². The van der Waals surface area contributed by atoms with Crippen LogP contribution in [-0.2, 0) is 14.4 Å². The summed E-state index contributed by atoms with van der Waals surface area (Å²) in [4.78, 5) is 34.1. The van der Waals surface area contributed by atoms with Crippen molar-refractivity contribution in [2.45, 2.75) is 12.1 Å². The van der Waals surface area contributed by atoms with Crippen LogP contribution in [-0.4, -0.2) is 30.1 Å². The van der Waals surface area contributed by atoms with Gasteiger partial charge in [-0.05, 0) is 36.4 Å². The molecule has 0 saturated carbocycles. The summed E-state index contributed by atoms with van der Waals surface area (Å²) in [6, 6.07) is 17.9. The number of benzene rings is 3. The summed E-state index contributed by atoms with van der Waals surface area (Å²) in [5.74, 6) is -1.76. The molecule has 9 heteroatoms. The number of methoxy groups -OCH3 is 1. The molecule has 3 aromatic rings. The van der Waals surface area contributed by atoms with Gasteiger partial charge >= 0.3 is 0 Å². The highest BCUT2D eigenvalue weighted by Crippen LogP contribution is 2.50. The van der Waals surface area contributed by atoms with E-state index in [4.69, 9.17) is 32.8 Å². The molecule has 7 nitrogen and oxygen atoms in total. The first-order valence-corrected chi connectivity index (χ1v) is 10.9. The number of carbonyl (C=O) groups is 2. The van der Waals surface area contributed by atoms with Gasteiger partial charge in [0, 0.05) is 5.56 Å². The fourth-order valence-corrected chi connectivity index (χ4v) is 4.64. The lowest BCUT2D eigenvalue weighted by atomic mass is 9.90. The first-order chi connectivity index (χ1) is 15.9. The lowest BCUT2D eigenvalue weighted by molar-refractivity contribution is -0.126. The van der Waals surface area contributed by atoms with Gasteiger partial charge in [0.05, 0.1) is 28.5 Å². The predicted molar refractivity (Wildman–Crippen MR) is 124 cm³/mol. The third kappa shape index (κ3) is 3.40. The summed E-state index contributed by atoms with van der Waals surface area (Å²) in [7, 11) is 1.44. The normalized spacial score (nSPS) is 22.1. The van der Waals surface area contributed by atoms with Crippen molar-refractivity contribution in [3.05, 3.63) is 82.3 Å². The maximum atomic E-state index is 13.6. The van der Waals surface area contributed by atoms with Gasteiger partial charge in [-0.1, -0.05) is 53.5 Å². The van der Waals surface area contributed by atoms with Gasteiger partial charge < -0.3 is 9.84 Å². The van der Waals surface area contributed by atoms with Gasteiger partial charge in [0.15, 0.2) is 17.6 Å². The van der Waals surface area contributed by atoms with E-state index in [1.807, 2.05) is 18.2 Å². The summed E-state index contributed by atoms with van der Waals surface area (Å²) in [5.41, 5.74) is 1.35. The molecule has 0 bridgehead atoms. The van der Waals surface area contributed by atoms with Gasteiger partial charge in [-0.15, -0.1) is 0 Å². The van der Waals surface area contributed by atoms with E-state index in [1.165, 1.54) is 24.3 Å². The number of fused-ring (bicyclic) bond motifs is 1. The summed E-state index contributed by atoms with van der Waals surface area (Å²) in [6.07, 6.45) is -1.08. The van der Waals surface area contributed by atoms with Crippen LogP contribution in [0.15, 0.2) is 66.7 Å². The van der Waals surface area contributed by atoms with E-state index < -0.39 is 29.9 Å². The third-order valence-corrected chi connectivity index (χ3v) is 6.60. The smallest absolute Gasteiger partial charge is 0.266 e. The van der Waals surface area contributed by atoms with Crippen LogP contribution in [0.4, 0.5) is 11.4 Å². The van der Waals surface area contributed by atoms with Gasteiger partial charge in [-0.2, -0.15) is 0 Å². The highest BCUT2D eigenvalue weighted by atomic mass is 35.5. The second-order valence-electron chi connectivity index (χ2n) is 7.67. The zero-order chi connectivity index (χ0) is 23.3. The van der Waals surface area contributed by atoms with E-state index in [2.05, 4.69) is 0 Å². The number of hydroxylamine groups is 1. The highest BCUT2D eigenvalue weighted by molar-refractivity contribution is 6.42. The SMILES string of the molecule is COc1cccc([C@H]2[C@@H]3C(=O)N(c4ccc(Cl)c(Cl)c4)C(=O)[C@@H]3ON2c2ccccc2)c1O. The topological polar surface area (TPSA) is 79.3 Å². The number of phenols is 1. The van der Waals surface area contributed by atoms with Crippen molar-refractivity contribution in [1.82, 2.24) is 0 Å². The number of imide groups is 1. The molecule has 2 fully saturated rings. The number of hydrogen-bond donors (Lipinski definition) is 1. The fraction of sp³-hybridized carbons (Fsp3) is 0.167. The Bertz CT molecular complexity index is 1250. The molecule has 2 aliphatic rings. The number of anilines is 2. The second kappa shape index (κ2) is 8.26. The summed E-state index contributed by atoms with van der Waals surface area (Å²) in [5, 5.41) is 12.9. The lowest BCUT2D eigenvalue weighted by Crippen LogP contribution is -2.37. The number of aromatic hydroxyl groups is 1. The molecule has 0 radical (unpaired) electrons. The number of para-hydroxylation sites is 2. The van der Waals surface area contributed by atoms with Crippen LogP contribution in [0, 0.1) is 5.92 Å². The Morgan fingerprint density at radius 3 is 2.36 bits per heavy atom. The summed E-state index contributed by atoms with van der Waals surface area (Å²) >= 11 is 12.1. The van der Waals surface area contributed by atoms with E-state index in [-0.39, 0.29) is 16.5 Å². The van der Waals surface area contributed by atoms with Crippen molar-refractivity contribution < 1.29 is 24.3 Å². The molecule has 1 N–H and O–H groups in total. The fourth-order valence-electron chi connectivity index (χ4n) is 4.35. The number of carbonyl (C=O) groups excluding carboxylic acids is 2. The third-order valence-electron chi connectivity index (χ3n) is 5.86. The van der Waals surface area contributed by atoms with Crippen LogP contribution in [0.1, 0.15) is 11.6 Å². The number of halogens is 2. The molecule has 168 valence electrons. The Morgan fingerprint density at radius 1 is 0.909 bits per heavy atom. The molecular formula is C24H18Cl2N2O5. The lowest BCUT2D eigenvalue weighted by Gasteiger charge is -2.29. The van der Waals surface area contributed by atoms with Crippen molar-refractivity contribution in [3.63, 3.8) is 0 Å². The number of ether oxygens (including phenoxy) is 1. The van der Waals surface area contributed by atoms with Crippen LogP contribution in [0.5, 0.6) is 11.5 Å². The molecule has 5 rings (SSSR count). The van der Waals surface area contributed by atoms with Crippen molar-refractivity contribution in [2.24, 2.45) is 5.92 Å². The van der Waals surface area contributed by atoms with E-state index >= 15 is 0 Å². The van der Waals surface area contributed by atoms with Crippen LogP contribution < -0.4 is 14.7 Å². The molecule has 0 aromatic heterocycles. The monoisotopic (exact) mass is 484 g/mol. The number of hydrogen-bond acceptors (Lipinski definition) is 6. The van der Waals surface area contributed by atoms with Crippen molar-refractivity contribution in [1.29, 1.82) is 0 Å². The zero-order valence-corrected chi connectivity index (χ0v) is 18.8. The first-order valence-electron chi connectivity index (χ1n) is 10.1. The molecule has 2 amide bonds. The minimum absolute atomic E-state index is 0.122. The Kier molecular flexibility index (Phi) is 5.40. The second-order valence-corrected chi connectivity index (χ2v) is 8.48. The Balaban J connectivity index is 1.62. The average molecular weight is 485 g/mol. The molecule has 0 spiro atoms. The molecule has 0 aliphatic carbocycles. The maximum absolute atomic E-state index is 13.6. The molecular weight excluding hydrogens is 467 g/mol. The zero-order valence-electron chi connectivity index (χ0n) is 17.3. The number of rotatable bonds is 4. The van der Waals surface area contributed by atoms with E-state index in [1.54, 1.807) is 36.4 Å². The van der Waals surface area contributed by atoms with Gasteiger partial charge in [0.25, 0.3) is 5.91 Å². The van der Waals surface area contributed by atoms with Crippen LogP contribution >= 0.6 is 23.2 Å². The molecule has 33 heavy (non-hydrogen) atoms.